The van der Waals surface area contributed by atoms with Crippen molar-refractivity contribution in [1.82, 2.24) is 15.3 Å². The second-order valence-electron chi connectivity index (χ2n) is 5.72. The largest absolute Gasteiger partial charge is 0.464 e. The molecule has 2 atom stereocenters. The first-order valence-electron chi connectivity index (χ1n) is 7.69. The van der Waals surface area contributed by atoms with E-state index in [1.807, 2.05) is 19.1 Å². The number of aromatic nitrogens is 2. The summed E-state index contributed by atoms with van der Waals surface area (Å²) in [5.74, 6) is -0.750. The van der Waals surface area contributed by atoms with Gasteiger partial charge in [0.1, 0.15) is 5.28 Å². The Morgan fingerprint density at radius 2 is 2.33 bits per heavy atom. The van der Waals surface area contributed by atoms with E-state index in [0.717, 1.165) is 16.6 Å². The molecule has 0 spiro atoms. The molecule has 1 aromatic heterocycles. The zero-order chi connectivity index (χ0) is 17.3. The molecule has 6 nitrogen and oxygen atoms in total. The van der Waals surface area contributed by atoms with E-state index in [0.29, 0.717) is 24.2 Å². The third-order valence-electron chi connectivity index (χ3n) is 4.05. The van der Waals surface area contributed by atoms with Crippen LogP contribution in [0.2, 0.25) is 5.28 Å². The van der Waals surface area contributed by atoms with Crippen LogP contribution in [0, 0.1) is 5.92 Å². The molecule has 0 aromatic carbocycles. The van der Waals surface area contributed by atoms with Crippen LogP contribution in [0.3, 0.4) is 0 Å². The number of amides is 1. The van der Waals surface area contributed by atoms with Crippen molar-refractivity contribution in [3.05, 3.63) is 49.8 Å². The van der Waals surface area contributed by atoms with Gasteiger partial charge in [0.05, 0.1) is 11.6 Å². The van der Waals surface area contributed by atoms with Gasteiger partial charge in [-0.3, -0.25) is 9.79 Å². The number of aliphatic imine (C=N–C) groups is 1. The quantitative estimate of drug-likeness (QED) is 0.591. The van der Waals surface area contributed by atoms with Gasteiger partial charge in [-0.2, -0.15) is 0 Å². The number of nitrogens with one attached hydrogen (secondary N) is 2. The zero-order valence-electron chi connectivity index (χ0n) is 13.0. The lowest BCUT2D eigenvalue weighted by atomic mass is 9.84. The molecule has 2 unspecified atom stereocenters. The Hall–Kier alpha value is -1.73. The molecule has 0 saturated carbocycles. The molecule has 1 aromatic rings. The summed E-state index contributed by atoms with van der Waals surface area (Å²) in [6.07, 6.45) is 6.93. The standard InChI is InChI=1S/C16H16BrClN5O/c1-2-5-20-7-10-13(22-16(18)23-14(10)19)12-9-6-8(17)3-4-11(9)21-15(12)24/h3-4,7,9,12H,2,5-6H2,1H3,(H2-,19,20,21,22,23,24)/q-1. The van der Waals surface area contributed by atoms with Crippen molar-refractivity contribution in [3.8, 4) is 0 Å². The maximum absolute atomic E-state index is 12.5. The maximum atomic E-state index is 12.5. The van der Waals surface area contributed by atoms with E-state index in [1.165, 1.54) is 0 Å². The van der Waals surface area contributed by atoms with Crippen LogP contribution >= 0.6 is 27.5 Å². The van der Waals surface area contributed by atoms with E-state index >= 15 is 0 Å². The number of nitrogens with zero attached hydrogens (tertiary/aromatic N) is 3. The summed E-state index contributed by atoms with van der Waals surface area (Å²) < 4.78 is 1.01. The Bertz CT molecular complexity index is 826. The predicted octanol–water partition coefficient (Wildman–Crippen LogP) is 2.76. The third-order valence-corrected chi connectivity index (χ3v) is 4.82. The molecule has 1 saturated heterocycles. The van der Waals surface area contributed by atoms with Crippen LogP contribution in [0.15, 0.2) is 27.3 Å². The number of halogens is 2. The Kier molecular flexibility index (Phi) is 5.01. The van der Waals surface area contributed by atoms with Crippen molar-refractivity contribution in [2.75, 3.05) is 6.54 Å². The SMILES string of the molecule is CCCN=Cc1c(C2C(=O)NC3=CC=C(Br)CC32)nc(Cl)[nH]c1=[N-]. The average molecular weight is 410 g/mol. The molecular weight excluding hydrogens is 394 g/mol. The summed E-state index contributed by atoms with van der Waals surface area (Å²) in [5, 5.41) is 13.2. The first kappa shape index (κ1) is 17.1. The fraction of sp³-hybridized carbons (Fsp3) is 0.375. The van der Waals surface area contributed by atoms with E-state index < -0.39 is 5.92 Å². The number of allylic oxidation sites excluding steroid dienone is 4. The second kappa shape index (κ2) is 7.03. The normalized spacial score (nSPS) is 23.0. The molecule has 126 valence electrons. The lowest BCUT2D eigenvalue weighted by molar-refractivity contribution is -0.120. The molecule has 1 amide bonds. The Labute approximate surface area is 152 Å². The van der Waals surface area contributed by atoms with Crippen LogP contribution in [0.1, 0.15) is 36.9 Å². The number of H-pyrrole nitrogens is 1. The highest BCUT2D eigenvalue weighted by molar-refractivity contribution is 9.11. The third kappa shape index (κ3) is 3.23. The van der Waals surface area contributed by atoms with Crippen molar-refractivity contribution >= 4 is 39.7 Å². The van der Waals surface area contributed by atoms with Crippen LogP contribution in [0.4, 0.5) is 0 Å². The number of hydrogen-bond acceptors (Lipinski definition) is 3. The second-order valence-corrected chi connectivity index (χ2v) is 7.10. The van der Waals surface area contributed by atoms with Crippen molar-refractivity contribution < 1.29 is 4.79 Å². The molecule has 1 aliphatic carbocycles. The lowest BCUT2D eigenvalue weighted by Crippen LogP contribution is -2.25. The summed E-state index contributed by atoms with van der Waals surface area (Å²) in [4.78, 5) is 23.7. The van der Waals surface area contributed by atoms with Gasteiger partial charge in [0, 0.05) is 29.9 Å². The Morgan fingerprint density at radius 1 is 1.54 bits per heavy atom. The molecule has 1 aliphatic heterocycles. The summed E-state index contributed by atoms with van der Waals surface area (Å²) >= 11 is 9.47. The molecular formula is C16H16BrClN5O-. The monoisotopic (exact) mass is 408 g/mol. The minimum absolute atomic E-state index is 0.0331. The van der Waals surface area contributed by atoms with Crippen LogP contribution in [-0.4, -0.2) is 28.6 Å². The van der Waals surface area contributed by atoms with Gasteiger partial charge in [0.25, 0.3) is 0 Å². The topological polar surface area (TPSA) is 92.4 Å². The summed E-state index contributed by atoms with van der Waals surface area (Å²) in [6.45, 7) is 2.64. The van der Waals surface area contributed by atoms with Crippen molar-refractivity contribution in [2.24, 2.45) is 10.9 Å². The van der Waals surface area contributed by atoms with Gasteiger partial charge in [0.15, 0.2) is 0 Å². The molecule has 0 bridgehead atoms. The molecule has 2 aliphatic rings. The molecule has 0 radical (unpaired) electrons. The predicted molar refractivity (Wildman–Crippen MR) is 96.9 cm³/mol. The highest BCUT2D eigenvalue weighted by Gasteiger charge is 2.42. The summed E-state index contributed by atoms with van der Waals surface area (Å²) in [5.41, 5.74) is 1.56. The van der Waals surface area contributed by atoms with Gasteiger partial charge < -0.3 is 15.7 Å². The molecule has 2 heterocycles. The number of carbonyl (C=O) groups excluding carboxylic acids is 1. The van der Waals surface area contributed by atoms with Gasteiger partial charge >= 0.3 is 0 Å². The summed E-state index contributed by atoms with van der Waals surface area (Å²) in [6, 6.07) is 0. The highest BCUT2D eigenvalue weighted by Crippen LogP contribution is 2.42. The average Bonchev–Trinajstić information content (AvgIpc) is 2.84. The van der Waals surface area contributed by atoms with Crippen LogP contribution in [0.25, 0.3) is 5.41 Å². The van der Waals surface area contributed by atoms with Crippen LogP contribution in [0.5, 0.6) is 0 Å². The zero-order valence-corrected chi connectivity index (χ0v) is 15.4. The fourth-order valence-electron chi connectivity index (χ4n) is 2.97. The Balaban J connectivity index is 2.08. The molecule has 2 N–H and O–H groups in total. The van der Waals surface area contributed by atoms with E-state index in [-0.39, 0.29) is 22.6 Å². The van der Waals surface area contributed by atoms with Gasteiger partial charge in [-0.1, -0.05) is 46.0 Å². The Morgan fingerprint density at radius 3 is 3.08 bits per heavy atom. The number of carbonyl (C=O) groups is 1. The van der Waals surface area contributed by atoms with Crippen molar-refractivity contribution in [2.45, 2.75) is 25.7 Å². The van der Waals surface area contributed by atoms with Gasteiger partial charge in [-0.25, -0.2) is 4.98 Å². The first-order chi connectivity index (χ1) is 11.5. The van der Waals surface area contributed by atoms with Gasteiger partial charge in [0.2, 0.25) is 5.91 Å². The van der Waals surface area contributed by atoms with E-state index in [2.05, 4.69) is 36.2 Å². The van der Waals surface area contributed by atoms with E-state index in [9.17, 15) is 10.2 Å². The van der Waals surface area contributed by atoms with E-state index in [4.69, 9.17) is 11.6 Å². The number of aromatic amines is 1. The molecule has 1 fully saturated rings. The minimum atomic E-state index is -0.529. The van der Waals surface area contributed by atoms with E-state index in [1.54, 1.807) is 6.21 Å². The van der Waals surface area contributed by atoms with Gasteiger partial charge in [-0.15, -0.1) is 0 Å². The fourth-order valence-corrected chi connectivity index (χ4v) is 3.63. The molecule has 3 rings (SSSR count). The molecule has 8 heteroatoms. The number of rotatable bonds is 4. The van der Waals surface area contributed by atoms with Crippen molar-refractivity contribution in [3.63, 3.8) is 0 Å². The van der Waals surface area contributed by atoms with Crippen molar-refractivity contribution in [1.29, 1.82) is 0 Å². The first-order valence-corrected chi connectivity index (χ1v) is 8.87. The lowest BCUT2D eigenvalue weighted by Gasteiger charge is -2.22. The van der Waals surface area contributed by atoms with Crippen LogP contribution in [-0.2, 0) is 4.79 Å². The smallest absolute Gasteiger partial charge is 0.233 e. The minimum Gasteiger partial charge on any atom is -0.464 e. The number of fused-ring (bicyclic) bond motifs is 1. The van der Waals surface area contributed by atoms with Crippen LogP contribution < -0.4 is 10.8 Å². The number of hydrogen-bond donors (Lipinski definition) is 2. The molecule has 24 heavy (non-hydrogen) atoms. The van der Waals surface area contributed by atoms with Gasteiger partial charge in [-0.05, 0) is 23.4 Å². The summed E-state index contributed by atoms with van der Waals surface area (Å²) in [7, 11) is 0. The maximum Gasteiger partial charge on any atom is 0.233 e. The highest BCUT2D eigenvalue weighted by atomic mass is 79.9.